The third-order valence-electron chi connectivity index (χ3n) is 2.81. The molecule has 0 aliphatic carbocycles. The molecule has 0 bridgehead atoms. The van der Waals surface area contributed by atoms with E-state index in [1.807, 2.05) is 12.1 Å². The van der Waals surface area contributed by atoms with Crippen molar-refractivity contribution in [2.24, 2.45) is 0 Å². The fourth-order valence-electron chi connectivity index (χ4n) is 1.93. The zero-order valence-electron chi connectivity index (χ0n) is 11.2. The summed E-state index contributed by atoms with van der Waals surface area (Å²) in [4.78, 5) is 11.6. The minimum absolute atomic E-state index is 0.230. The van der Waals surface area contributed by atoms with E-state index in [2.05, 4.69) is 4.74 Å². The number of Topliss-reactive ketones (excluding diaryl/α,β-unsaturated/α-hetero) is 1. The maximum atomic E-state index is 12.0. The molecule has 2 aromatic carbocycles. The molecule has 0 aliphatic heterocycles. The molecule has 21 heavy (non-hydrogen) atoms. The maximum Gasteiger partial charge on any atom is 0.411 e. The Hall–Kier alpha value is -2.08. The zero-order chi connectivity index (χ0) is 15.5. The summed E-state index contributed by atoms with van der Waals surface area (Å²) in [7, 11) is 0. The van der Waals surface area contributed by atoms with Crippen LogP contribution in [-0.2, 0) is 4.74 Å². The molecule has 0 amide bonds. The topological polar surface area (TPSA) is 35.5 Å². The highest BCUT2D eigenvalue weighted by atomic mass is 19.4. The predicted octanol–water partition coefficient (Wildman–Crippen LogP) is 3.96. The van der Waals surface area contributed by atoms with Gasteiger partial charge in [0.05, 0.1) is 5.56 Å². The lowest BCUT2D eigenvalue weighted by Gasteiger charge is -2.14. The van der Waals surface area contributed by atoms with Gasteiger partial charge in [-0.25, -0.2) is 0 Å². The van der Waals surface area contributed by atoms with Gasteiger partial charge in [-0.05, 0) is 18.4 Å². The van der Waals surface area contributed by atoms with E-state index in [9.17, 15) is 18.0 Å². The Balaban J connectivity index is 2.23. The van der Waals surface area contributed by atoms with E-state index in [-0.39, 0.29) is 11.5 Å². The van der Waals surface area contributed by atoms with E-state index in [0.29, 0.717) is 10.9 Å². The van der Waals surface area contributed by atoms with E-state index >= 15 is 0 Å². The van der Waals surface area contributed by atoms with Crippen LogP contribution in [0.4, 0.5) is 13.2 Å². The number of carbonyl (C=O) groups excluding carboxylic acids is 1. The van der Waals surface area contributed by atoms with Crippen LogP contribution in [0.15, 0.2) is 36.4 Å². The van der Waals surface area contributed by atoms with Gasteiger partial charge in [-0.3, -0.25) is 4.79 Å². The second-order valence-electron chi connectivity index (χ2n) is 4.45. The molecule has 0 unspecified atom stereocenters. The van der Waals surface area contributed by atoms with Gasteiger partial charge in [0.2, 0.25) is 0 Å². The molecule has 2 aromatic rings. The monoisotopic (exact) mass is 298 g/mol. The van der Waals surface area contributed by atoms with Gasteiger partial charge in [0.25, 0.3) is 0 Å². The highest BCUT2D eigenvalue weighted by Crippen LogP contribution is 2.30. The molecule has 0 spiro atoms. The summed E-state index contributed by atoms with van der Waals surface area (Å²) in [5, 5.41) is 1.48. The average molecular weight is 298 g/mol. The van der Waals surface area contributed by atoms with Gasteiger partial charge in [-0.15, -0.1) is 0 Å². The second-order valence-corrected chi connectivity index (χ2v) is 4.45. The number of alkyl halides is 3. The normalized spacial score (nSPS) is 11.6. The number of ketones is 1. The number of rotatable bonds is 5. The van der Waals surface area contributed by atoms with Crippen molar-refractivity contribution in [2.45, 2.75) is 13.1 Å². The van der Waals surface area contributed by atoms with Crippen molar-refractivity contribution in [2.75, 3.05) is 13.4 Å². The van der Waals surface area contributed by atoms with Crippen LogP contribution >= 0.6 is 0 Å². The summed E-state index contributed by atoms with van der Waals surface area (Å²) in [6.07, 6.45) is -4.41. The molecule has 0 heterocycles. The van der Waals surface area contributed by atoms with Crippen LogP contribution in [0.2, 0.25) is 0 Å². The van der Waals surface area contributed by atoms with Crippen LogP contribution < -0.4 is 4.74 Å². The molecule has 0 aliphatic rings. The number of benzene rings is 2. The van der Waals surface area contributed by atoms with Crippen LogP contribution in [0.1, 0.15) is 17.3 Å². The highest BCUT2D eigenvalue weighted by Gasteiger charge is 2.27. The Kier molecular flexibility index (Phi) is 4.47. The third kappa shape index (κ3) is 3.95. The predicted molar refractivity (Wildman–Crippen MR) is 71.5 cm³/mol. The average Bonchev–Trinajstić information content (AvgIpc) is 2.42. The van der Waals surface area contributed by atoms with Crippen LogP contribution in [0.3, 0.4) is 0 Å². The Morgan fingerprint density at radius 1 is 1.14 bits per heavy atom. The Morgan fingerprint density at radius 2 is 1.86 bits per heavy atom. The Morgan fingerprint density at radius 3 is 2.52 bits per heavy atom. The third-order valence-corrected chi connectivity index (χ3v) is 2.81. The van der Waals surface area contributed by atoms with Gasteiger partial charge >= 0.3 is 6.18 Å². The van der Waals surface area contributed by atoms with E-state index in [0.717, 1.165) is 5.39 Å². The van der Waals surface area contributed by atoms with Crippen molar-refractivity contribution in [1.82, 2.24) is 0 Å². The fraction of sp³-hybridized carbons (Fsp3) is 0.267. The van der Waals surface area contributed by atoms with Crippen molar-refractivity contribution < 1.29 is 27.4 Å². The number of hydrogen-bond acceptors (Lipinski definition) is 3. The molecule has 0 fully saturated rings. The summed E-state index contributed by atoms with van der Waals surface area (Å²) >= 11 is 0. The summed E-state index contributed by atoms with van der Waals surface area (Å²) in [5.74, 6) is 0.00866. The first kappa shape index (κ1) is 15.3. The summed E-state index contributed by atoms with van der Waals surface area (Å²) in [5.41, 5.74) is 0.310. The lowest BCUT2D eigenvalue weighted by molar-refractivity contribution is -0.186. The molecular formula is C15H13F3O3. The van der Waals surface area contributed by atoms with Crippen molar-refractivity contribution in [3.05, 3.63) is 42.0 Å². The molecule has 3 nitrogen and oxygen atoms in total. The first-order chi connectivity index (χ1) is 9.88. The highest BCUT2D eigenvalue weighted by molar-refractivity contribution is 6.03. The molecule has 0 saturated carbocycles. The van der Waals surface area contributed by atoms with E-state index in [1.165, 1.54) is 6.92 Å². The first-order valence-electron chi connectivity index (χ1n) is 6.18. The summed E-state index contributed by atoms with van der Waals surface area (Å²) in [6.45, 7) is -0.603. The molecule has 0 atom stereocenters. The molecule has 112 valence electrons. The number of ether oxygens (including phenoxy) is 2. The van der Waals surface area contributed by atoms with Gasteiger partial charge in [0.1, 0.15) is 12.4 Å². The van der Waals surface area contributed by atoms with E-state index in [1.54, 1.807) is 24.3 Å². The molecule has 0 aromatic heterocycles. The molecule has 0 saturated heterocycles. The first-order valence-corrected chi connectivity index (χ1v) is 6.18. The SMILES string of the molecule is CC(=O)c1ccc2ccccc2c1OCOCC(F)(F)F. The molecular weight excluding hydrogens is 285 g/mol. The fourth-order valence-corrected chi connectivity index (χ4v) is 1.93. The molecule has 6 heteroatoms. The minimum Gasteiger partial charge on any atom is -0.466 e. The minimum atomic E-state index is -4.41. The number of carbonyl (C=O) groups is 1. The van der Waals surface area contributed by atoms with Crippen LogP contribution in [0.25, 0.3) is 10.8 Å². The standard InChI is InChI=1S/C15H13F3O3/c1-10(19)12-7-6-11-4-2-3-5-13(11)14(12)21-9-20-8-15(16,17)18/h2-7H,8-9H2,1H3. The Bertz CT molecular complexity index is 650. The van der Waals surface area contributed by atoms with Gasteiger partial charge in [0, 0.05) is 5.39 Å². The van der Waals surface area contributed by atoms with Crippen molar-refractivity contribution in [3.8, 4) is 5.75 Å². The van der Waals surface area contributed by atoms with E-state index in [4.69, 9.17) is 4.74 Å². The molecule has 2 rings (SSSR count). The quantitative estimate of drug-likeness (QED) is 0.476. The number of fused-ring (bicyclic) bond motifs is 1. The van der Waals surface area contributed by atoms with Crippen molar-refractivity contribution in [3.63, 3.8) is 0 Å². The summed E-state index contributed by atoms with van der Waals surface area (Å²) < 4.78 is 45.7. The van der Waals surface area contributed by atoms with Crippen LogP contribution in [-0.4, -0.2) is 25.4 Å². The lowest BCUT2D eigenvalue weighted by Crippen LogP contribution is -2.19. The second kappa shape index (κ2) is 6.13. The zero-order valence-corrected chi connectivity index (χ0v) is 11.2. The Labute approximate surface area is 119 Å². The molecule has 0 radical (unpaired) electrons. The molecule has 0 N–H and O–H groups in total. The van der Waals surface area contributed by atoms with Crippen molar-refractivity contribution >= 4 is 16.6 Å². The van der Waals surface area contributed by atoms with Crippen molar-refractivity contribution in [1.29, 1.82) is 0 Å². The lowest BCUT2D eigenvalue weighted by atomic mass is 10.0. The largest absolute Gasteiger partial charge is 0.466 e. The van der Waals surface area contributed by atoms with Gasteiger partial charge in [-0.2, -0.15) is 13.2 Å². The maximum absolute atomic E-state index is 12.0. The summed E-state index contributed by atoms with van der Waals surface area (Å²) in [6, 6.07) is 10.5. The van der Waals surface area contributed by atoms with Crippen LogP contribution in [0.5, 0.6) is 5.75 Å². The van der Waals surface area contributed by atoms with Gasteiger partial charge in [0.15, 0.2) is 12.6 Å². The van der Waals surface area contributed by atoms with Gasteiger partial charge in [-0.1, -0.05) is 30.3 Å². The van der Waals surface area contributed by atoms with Crippen LogP contribution in [0, 0.1) is 0 Å². The number of hydrogen-bond donors (Lipinski definition) is 0. The van der Waals surface area contributed by atoms with Gasteiger partial charge < -0.3 is 9.47 Å². The smallest absolute Gasteiger partial charge is 0.411 e. The number of halogens is 3. The van der Waals surface area contributed by atoms with E-state index < -0.39 is 19.6 Å².